The van der Waals surface area contributed by atoms with Gasteiger partial charge in [0, 0.05) is 10.4 Å². The first-order valence-corrected chi connectivity index (χ1v) is 9.64. The van der Waals surface area contributed by atoms with E-state index in [4.69, 9.17) is 9.47 Å². The second-order valence-electron chi connectivity index (χ2n) is 6.00. The molecule has 2 amide bonds. The Morgan fingerprint density at radius 2 is 2.18 bits per heavy atom. The molecule has 1 heterocycles. The number of carbonyl (C=O) groups excluding carboxylic acids is 2. The second-order valence-corrected chi connectivity index (χ2v) is 7.11. The molecule has 28 heavy (non-hydrogen) atoms. The van der Waals surface area contributed by atoms with Crippen molar-refractivity contribution < 1.29 is 24.2 Å². The number of anilines is 1. The number of phenolic OH excluding ortho intramolecular Hbond substituents is 1. The number of fused-ring (bicyclic) bond motifs is 1. The number of rotatable bonds is 6. The fourth-order valence-corrected chi connectivity index (χ4v) is 4.28. The number of urea groups is 1. The lowest BCUT2D eigenvalue weighted by atomic mass is 10.1. The van der Waals surface area contributed by atoms with Gasteiger partial charge in [-0.05, 0) is 43.9 Å². The van der Waals surface area contributed by atoms with Gasteiger partial charge in [0.25, 0.3) is 0 Å². The molecule has 0 fully saturated rings. The fraction of sp³-hybridized carbons (Fsp3) is 0.316. The number of para-hydroxylation sites is 1. The number of benzene rings is 1. The number of nitrogens with one attached hydrogen (secondary N) is 2. The predicted octanol–water partition coefficient (Wildman–Crippen LogP) is 3.28. The highest BCUT2D eigenvalue weighted by atomic mass is 32.1. The number of aryl methyl sites for hydroxylation is 1. The number of nitrogens with zero attached hydrogens (tertiary/aromatic N) is 1. The second kappa shape index (κ2) is 8.75. The molecule has 0 spiro atoms. The minimum Gasteiger partial charge on any atom is -0.504 e. The third-order valence-electron chi connectivity index (χ3n) is 4.25. The quantitative estimate of drug-likeness (QED) is 0.390. The number of ether oxygens (including phenoxy) is 2. The molecule has 1 aromatic heterocycles. The van der Waals surface area contributed by atoms with Gasteiger partial charge < -0.3 is 14.6 Å². The van der Waals surface area contributed by atoms with Crippen molar-refractivity contribution in [2.45, 2.75) is 26.2 Å². The zero-order chi connectivity index (χ0) is 20.1. The van der Waals surface area contributed by atoms with Gasteiger partial charge in [0.05, 0.1) is 25.5 Å². The summed E-state index contributed by atoms with van der Waals surface area (Å²) in [6.07, 6.45) is 3.99. The molecule has 148 valence electrons. The Balaban J connectivity index is 1.70. The summed E-state index contributed by atoms with van der Waals surface area (Å²) in [5.74, 6) is -0.196. The van der Waals surface area contributed by atoms with Crippen molar-refractivity contribution >= 4 is 34.6 Å². The van der Waals surface area contributed by atoms with Gasteiger partial charge in [-0.3, -0.25) is 5.32 Å². The van der Waals surface area contributed by atoms with Crippen LogP contribution in [-0.2, 0) is 17.6 Å². The summed E-state index contributed by atoms with van der Waals surface area (Å²) in [5, 5.41) is 17.0. The minimum atomic E-state index is -0.593. The van der Waals surface area contributed by atoms with Crippen LogP contribution in [0.5, 0.6) is 11.5 Å². The average Bonchev–Trinajstić information content (AvgIpc) is 3.24. The van der Waals surface area contributed by atoms with Crippen LogP contribution in [0.15, 0.2) is 23.3 Å². The molecule has 3 rings (SSSR count). The number of thiophene rings is 1. The molecule has 0 atom stereocenters. The van der Waals surface area contributed by atoms with Gasteiger partial charge in [0.2, 0.25) is 0 Å². The summed E-state index contributed by atoms with van der Waals surface area (Å²) in [6, 6.07) is 4.34. The number of aromatic hydroxyl groups is 1. The fourth-order valence-electron chi connectivity index (χ4n) is 3.01. The lowest BCUT2D eigenvalue weighted by Gasteiger charge is -2.07. The van der Waals surface area contributed by atoms with Crippen molar-refractivity contribution in [3.63, 3.8) is 0 Å². The number of carbonyl (C=O) groups is 2. The van der Waals surface area contributed by atoms with E-state index in [1.54, 1.807) is 25.1 Å². The molecular formula is C19H21N3O5S. The third kappa shape index (κ3) is 4.09. The van der Waals surface area contributed by atoms with E-state index in [2.05, 4.69) is 15.8 Å². The number of hydrogen-bond donors (Lipinski definition) is 3. The highest BCUT2D eigenvalue weighted by Gasteiger charge is 2.28. The van der Waals surface area contributed by atoms with E-state index in [0.29, 0.717) is 21.9 Å². The smallest absolute Gasteiger partial charge is 0.341 e. The van der Waals surface area contributed by atoms with Crippen LogP contribution < -0.4 is 15.5 Å². The van der Waals surface area contributed by atoms with Crippen LogP contribution in [0.1, 0.15) is 39.7 Å². The molecule has 0 unspecified atom stereocenters. The highest BCUT2D eigenvalue weighted by molar-refractivity contribution is 7.17. The van der Waals surface area contributed by atoms with Gasteiger partial charge in [0.15, 0.2) is 11.5 Å². The first-order valence-electron chi connectivity index (χ1n) is 8.82. The molecule has 0 bridgehead atoms. The molecule has 0 radical (unpaired) electrons. The van der Waals surface area contributed by atoms with Crippen molar-refractivity contribution in [3.8, 4) is 11.5 Å². The average molecular weight is 403 g/mol. The maximum absolute atomic E-state index is 12.3. The standard InChI is InChI=1S/C19H21N3O5S/c1-3-27-18(24)15-12-7-5-9-14(12)28-17(15)21-19(25)22-20-10-11-6-4-8-13(26-2)16(11)23/h4,6,8,10,23H,3,5,7,9H2,1-2H3,(H2,21,22,25). The molecule has 1 aliphatic carbocycles. The van der Waals surface area contributed by atoms with Crippen LogP contribution in [0.3, 0.4) is 0 Å². The Kier molecular flexibility index (Phi) is 6.15. The summed E-state index contributed by atoms with van der Waals surface area (Å²) in [5.41, 5.74) is 4.12. The van der Waals surface area contributed by atoms with Gasteiger partial charge in [-0.1, -0.05) is 6.07 Å². The van der Waals surface area contributed by atoms with Crippen LogP contribution in [0.2, 0.25) is 0 Å². The lowest BCUT2D eigenvalue weighted by molar-refractivity contribution is 0.0527. The number of methoxy groups -OCH3 is 1. The van der Waals surface area contributed by atoms with Crippen molar-refractivity contribution in [3.05, 3.63) is 39.8 Å². The Labute approximate surface area is 166 Å². The first kappa shape index (κ1) is 19.7. The molecule has 3 N–H and O–H groups in total. The van der Waals surface area contributed by atoms with Crippen molar-refractivity contribution in [1.82, 2.24) is 5.43 Å². The highest BCUT2D eigenvalue weighted by Crippen LogP contribution is 2.39. The van der Waals surface area contributed by atoms with Crippen molar-refractivity contribution in [1.29, 1.82) is 0 Å². The zero-order valence-electron chi connectivity index (χ0n) is 15.6. The third-order valence-corrected chi connectivity index (χ3v) is 5.46. The molecule has 1 aliphatic rings. The van der Waals surface area contributed by atoms with E-state index in [1.165, 1.54) is 24.7 Å². The van der Waals surface area contributed by atoms with Crippen LogP contribution >= 0.6 is 11.3 Å². The van der Waals surface area contributed by atoms with Gasteiger partial charge >= 0.3 is 12.0 Å². The van der Waals surface area contributed by atoms with Gasteiger partial charge in [0.1, 0.15) is 5.00 Å². The molecule has 1 aromatic carbocycles. The molecule has 0 aliphatic heterocycles. The number of hydrogen-bond acceptors (Lipinski definition) is 7. The molecule has 8 nitrogen and oxygen atoms in total. The van der Waals surface area contributed by atoms with E-state index in [0.717, 1.165) is 29.7 Å². The van der Waals surface area contributed by atoms with E-state index >= 15 is 0 Å². The lowest BCUT2D eigenvalue weighted by Crippen LogP contribution is -2.25. The van der Waals surface area contributed by atoms with E-state index in [9.17, 15) is 14.7 Å². The topological polar surface area (TPSA) is 109 Å². The van der Waals surface area contributed by atoms with Crippen molar-refractivity contribution in [2.24, 2.45) is 5.10 Å². The largest absolute Gasteiger partial charge is 0.504 e. The molecule has 2 aromatic rings. The summed E-state index contributed by atoms with van der Waals surface area (Å²) in [4.78, 5) is 25.6. The van der Waals surface area contributed by atoms with Crippen LogP contribution in [-0.4, -0.2) is 37.0 Å². The number of hydrazone groups is 1. The van der Waals surface area contributed by atoms with Crippen molar-refractivity contribution in [2.75, 3.05) is 19.0 Å². The van der Waals surface area contributed by atoms with E-state index in [-0.39, 0.29) is 12.4 Å². The van der Waals surface area contributed by atoms with Crippen LogP contribution in [0.4, 0.5) is 9.80 Å². The Hall–Kier alpha value is -3.07. The number of phenols is 1. The Bertz CT molecular complexity index is 923. The number of amides is 2. The summed E-state index contributed by atoms with van der Waals surface area (Å²) in [6.45, 7) is 2.01. The summed E-state index contributed by atoms with van der Waals surface area (Å²) in [7, 11) is 1.45. The zero-order valence-corrected chi connectivity index (χ0v) is 16.4. The van der Waals surface area contributed by atoms with Gasteiger partial charge in [-0.15, -0.1) is 11.3 Å². The molecular weight excluding hydrogens is 382 g/mol. The van der Waals surface area contributed by atoms with Gasteiger partial charge in [-0.25, -0.2) is 15.0 Å². The van der Waals surface area contributed by atoms with E-state index in [1.807, 2.05) is 0 Å². The van der Waals surface area contributed by atoms with E-state index < -0.39 is 12.0 Å². The SMILES string of the molecule is CCOC(=O)c1c(NC(=O)NN=Cc2cccc(OC)c2O)sc2c1CCC2. The molecule has 0 saturated carbocycles. The first-order chi connectivity index (χ1) is 13.5. The maximum Gasteiger partial charge on any atom is 0.341 e. The normalized spacial score (nSPS) is 12.6. The van der Waals surface area contributed by atoms with Gasteiger partial charge in [-0.2, -0.15) is 5.10 Å². The Morgan fingerprint density at radius 1 is 1.36 bits per heavy atom. The minimum absolute atomic E-state index is 0.0739. The number of esters is 1. The summed E-state index contributed by atoms with van der Waals surface area (Å²) >= 11 is 1.39. The maximum atomic E-state index is 12.3. The van der Waals surface area contributed by atoms with Crippen LogP contribution in [0.25, 0.3) is 0 Å². The van der Waals surface area contributed by atoms with Crippen LogP contribution in [0, 0.1) is 0 Å². The molecule has 9 heteroatoms. The summed E-state index contributed by atoms with van der Waals surface area (Å²) < 4.78 is 10.2. The molecule has 0 saturated heterocycles. The predicted molar refractivity (Wildman–Crippen MR) is 107 cm³/mol. The Morgan fingerprint density at radius 3 is 2.93 bits per heavy atom. The monoisotopic (exact) mass is 403 g/mol.